The molecule has 2 N–H and O–H groups in total. The van der Waals surface area contributed by atoms with E-state index in [1.165, 1.54) is 4.90 Å². The lowest BCUT2D eigenvalue weighted by molar-refractivity contribution is -0.137. The van der Waals surface area contributed by atoms with E-state index in [1.807, 2.05) is 20.8 Å². The van der Waals surface area contributed by atoms with Crippen molar-refractivity contribution in [3.05, 3.63) is 17.3 Å². The maximum absolute atomic E-state index is 12.0. The van der Waals surface area contributed by atoms with Gasteiger partial charge in [-0.1, -0.05) is 0 Å². The number of carbonyl (C=O) groups excluding carboxylic acids is 1. The van der Waals surface area contributed by atoms with Crippen LogP contribution in [0.3, 0.4) is 0 Å². The average molecular weight is 283 g/mol. The van der Waals surface area contributed by atoms with Crippen LogP contribution < -0.4 is 5.32 Å². The fourth-order valence-electron chi connectivity index (χ4n) is 1.68. The van der Waals surface area contributed by atoms with Crippen LogP contribution in [0.1, 0.15) is 37.6 Å². The van der Waals surface area contributed by atoms with Gasteiger partial charge in [0.15, 0.2) is 0 Å². The summed E-state index contributed by atoms with van der Waals surface area (Å²) in [5.74, 6) is 0.235. The van der Waals surface area contributed by atoms with Crippen LogP contribution in [-0.4, -0.2) is 39.6 Å². The first-order chi connectivity index (χ1) is 9.31. The highest BCUT2D eigenvalue weighted by Crippen LogP contribution is 2.08. The van der Waals surface area contributed by atoms with Gasteiger partial charge in [-0.2, -0.15) is 0 Å². The molecule has 112 valence electrons. The summed E-state index contributed by atoms with van der Waals surface area (Å²) >= 11 is 0. The Balaban J connectivity index is 2.55. The standard InChI is InChI=1S/C13H21N3O4/c1-8(2)16(6-5-12(17)18)13(19)14-7-11-15-9(3)10(4)20-11/h8H,5-7H2,1-4H3,(H,14,19)(H,17,18). The van der Waals surface area contributed by atoms with Gasteiger partial charge in [-0.3, -0.25) is 4.79 Å². The lowest BCUT2D eigenvalue weighted by atomic mass is 10.3. The Morgan fingerprint density at radius 2 is 2.05 bits per heavy atom. The number of aryl methyl sites for hydroxylation is 2. The molecule has 0 atom stereocenters. The van der Waals surface area contributed by atoms with Crippen molar-refractivity contribution in [3.8, 4) is 0 Å². The van der Waals surface area contributed by atoms with E-state index in [4.69, 9.17) is 9.52 Å². The molecule has 0 bridgehead atoms. The number of nitrogens with zero attached hydrogens (tertiary/aromatic N) is 2. The first-order valence-corrected chi connectivity index (χ1v) is 6.50. The van der Waals surface area contributed by atoms with Crippen LogP contribution in [0, 0.1) is 13.8 Å². The molecule has 2 amide bonds. The van der Waals surface area contributed by atoms with Crippen LogP contribution in [0.15, 0.2) is 4.42 Å². The fraction of sp³-hybridized carbons (Fsp3) is 0.615. The summed E-state index contributed by atoms with van der Waals surface area (Å²) in [6.45, 7) is 7.66. The molecule has 1 rings (SSSR count). The van der Waals surface area contributed by atoms with E-state index in [1.54, 1.807) is 6.92 Å². The molecule has 7 nitrogen and oxygen atoms in total. The third-order valence-electron chi connectivity index (χ3n) is 2.91. The van der Waals surface area contributed by atoms with Crippen molar-refractivity contribution < 1.29 is 19.1 Å². The summed E-state index contributed by atoms with van der Waals surface area (Å²) in [6, 6.07) is -0.405. The largest absolute Gasteiger partial charge is 0.481 e. The van der Waals surface area contributed by atoms with Crippen molar-refractivity contribution in [3.63, 3.8) is 0 Å². The van der Waals surface area contributed by atoms with E-state index in [0.717, 1.165) is 11.5 Å². The Hall–Kier alpha value is -2.05. The van der Waals surface area contributed by atoms with Crippen LogP contribution in [0.4, 0.5) is 4.79 Å². The summed E-state index contributed by atoms with van der Waals surface area (Å²) in [5.41, 5.74) is 0.792. The molecule has 0 aliphatic heterocycles. The highest BCUT2D eigenvalue weighted by Gasteiger charge is 2.18. The van der Waals surface area contributed by atoms with Gasteiger partial charge in [-0.05, 0) is 27.7 Å². The minimum Gasteiger partial charge on any atom is -0.481 e. The van der Waals surface area contributed by atoms with E-state index < -0.39 is 5.97 Å². The quantitative estimate of drug-likeness (QED) is 0.828. The number of amides is 2. The molecule has 0 aromatic carbocycles. The van der Waals surface area contributed by atoms with E-state index >= 15 is 0 Å². The average Bonchev–Trinajstić information content (AvgIpc) is 2.65. The molecular weight excluding hydrogens is 262 g/mol. The molecule has 0 spiro atoms. The number of hydrogen-bond donors (Lipinski definition) is 2. The number of aromatic nitrogens is 1. The summed E-state index contributed by atoms with van der Waals surface area (Å²) in [7, 11) is 0. The van der Waals surface area contributed by atoms with Gasteiger partial charge in [0.2, 0.25) is 5.89 Å². The van der Waals surface area contributed by atoms with E-state index in [9.17, 15) is 9.59 Å². The lowest BCUT2D eigenvalue weighted by Crippen LogP contribution is -2.44. The predicted molar refractivity (Wildman–Crippen MR) is 72.3 cm³/mol. The van der Waals surface area contributed by atoms with Gasteiger partial charge in [-0.15, -0.1) is 0 Å². The summed E-state index contributed by atoms with van der Waals surface area (Å²) < 4.78 is 5.36. The molecule has 0 saturated carbocycles. The number of rotatable bonds is 6. The number of carbonyl (C=O) groups is 2. The van der Waals surface area contributed by atoms with E-state index in [-0.39, 0.29) is 31.6 Å². The molecule has 0 unspecified atom stereocenters. The van der Waals surface area contributed by atoms with Crippen molar-refractivity contribution in [1.82, 2.24) is 15.2 Å². The summed E-state index contributed by atoms with van der Waals surface area (Å²) in [6.07, 6.45) is -0.0805. The Morgan fingerprint density at radius 3 is 2.50 bits per heavy atom. The number of oxazole rings is 1. The van der Waals surface area contributed by atoms with Crippen LogP contribution in [0.25, 0.3) is 0 Å². The van der Waals surface area contributed by atoms with Crippen LogP contribution in [0.2, 0.25) is 0 Å². The van der Waals surface area contributed by atoms with Gasteiger partial charge in [0, 0.05) is 12.6 Å². The van der Waals surface area contributed by atoms with Crippen molar-refractivity contribution in [2.45, 2.75) is 46.7 Å². The zero-order valence-corrected chi connectivity index (χ0v) is 12.3. The van der Waals surface area contributed by atoms with Gasteiger partial charge in [-0.25, -0.2) is 9.78 Å². The number of carboxylic acid groups (broad SMARTS) is 1. The molecule has 20 heavy (non-hydrogen) atoms. The Bertz CT molecular complexity index is 462. The van der Waals surface area contributed by atoms with Gasteiger partial charge in [0.05, 0.1) is 18.7 Å². The van der Waals surface area contributed by atoms with Gasteiger partial charge in [0.1, 0.15) is 5.76 Å². The molecule has 7 heteroatoms. The zero-order valence-electron chi connectivity index (χ0n) is 12.3. The maximum atomic E-state index is 12.0. The first-order valence-electron chi connectivity index (χ1n) is 6.50. The van der Waals surface area contributed by atoms with Crippen molar-refractivity contribution in [2.24, 2.45) is 0 Å². The van der Waals surface area contributed by atoms with Gasteiger partial charge in [0.25, 0.3) is 0 Å². The molecule has 0 radical (unpaired) electrons. The Labute approximate surface area is 118 Å². The van der Waals surface area contributed by atoms with Gasteiger partial charge < -0.3 is 19.7 Å². The minimum atomic E-state index is -0.928. The van der Waals surface area contributed by atoms with Crippen LogP contribution >= 0.6 is 0 Å². The monoisotopic (exact) mass is 283 g/mol. The predicted octanol–water partition coefficient (Wildman–Crippen LogP) is 1.69. The summed E-state index contributed by atoms with van der Waals surface area (Å²) in [4.78, 5) is 28.2. The lowest BCUT2D eigenvalue weighted by Gasteiger charge is -2.26. The molecule has 0 fully saturated rings. The third-order valence-corrected chi connectivity index (χ3v) is 2.91. The molecule has 0 aliphatic rings. The number of hydrogen-bond acceptors (Lipinski definition) is 4. The Kier molecular flexibility index (Phi) is 5.54. The van der Waals surface area contributed by atoms with Gasteiger partial charge >= 0.3 is 12.0 Å². The Morgan fingerprint density at radius 1 is 1.40 bits per heavy atom. The van der Waals surface area contributed by atoms with E-state index in [2.05, 4.69) is 10.3 Å². The molecular formula is C13H21N3O4. The molecule has 0 aliphatic carbocycles. The highest BCUT2D eigenvalue weighted by atomic mass is 16.4. The minimum absolute atomic E-state index is 0.0805. The molecule has 1 heterocycles. The molecule has 1 aromatic rings. The number of carboxylic acids is 1. The first kappa shape index (κ1) is 16.0. The summed E-state index contributed by atoms with van der Waals surface area (Å²) in [5, 5.41) is 11.4. The number of aliphatic carboxylic acids is 1. The second kappa shape index (κ2) is 6.93. The van der Waals surface area contributed by atoms with Crippen molar-refractivity contribution in [2.75, 3.05) is 6.54 Å². The smallest absolute Gasteiger partial charge is 0.318 e. The number of urea groups is 1. The third kappa shape index (κ3) is 4.56. The van der Waals surface area contributed by atoms with Crippen molar-refractivity contribution >= 4 is 12.0 Å². The fourth-order valence-corrected chi connectivity index (χ4v) is 1.68. The highest BCUT2D eigenvalue weighted by molar-refractivity contribution is 5.75. The zero-order chi connectivity index (χ0) is 15.3. The topological polar surface area (TPSA) is 95.7 Å². The normalized spacial score (nSPS) is 10.7. The number of nitrogens with one attached hydrogen (secondary N) is 1. The maximum Gasteiger partial charge on any atom is 0.318 e. The van der Waals surface area contributed by atoms with Crippen LogP contribution in [-0.2, 0) is 11.3 Å². The molecule has 1 aromatic heterocycles. The van der Waals surface area contributed by atoms with E-state index in [0.29, 0.717) is 5.89 Å². The SMILES string of the molecule is Cc1nc(CNC(=O)N(CCC(=O)O)C(C)C)oc1C. The van der Waals surface area contributed by atoms with Crippen molar-refractivity contribution in [1.29, 1.82) is 0 Å². The van der Waals surface area contributed by atoms with Crippen LogP contribution in [0.5, 0.6) is 0 Å². The second-order valence-corrected chi connectivity index (χ2v) is 4.84. The molecule has 0 saturated heterocycles. The second-order valence-electron chi connectivity index (χ2n) is 4.84.